The van der Waals surface area contributed by atoms with E-state index in [9.17, 15) is 9.59 Å². The van der Waals surface area contributed by atoms with Crippen molar-refractivity contribution in [3.05, 3.63) is 250 Å². The van der Waals surface area contributed by atoms with Gasteiger partial charge >= 0.3 is 0 Å². The van der Waals surface area contributed by atoms with E-state index >= 15 is 0 Å². The molecule has 1 unspecified atom stereocenters. The zero-order valence-electron chi connectivity index (χ0n) is 38.7. The van der Waals surface area contributed by atoms with Crippen molar-refractivity contribution in [2.24, 2.45) is 0 Å². The van der Waals surface area contributed by atoms with E-state index in [0.29, 0.717) is 16.7 Å². The average Bonchev–Trinajstić information content (AvgIpc) is 3.36. The third kappa shape index (κ3) is 10.9. The van der Waals surface area contributed by atoms with Gasteiger partial charge in [0.05, 0.1) is 6.61 Å². The van der Waals surface area contributed by atoms with Gasteiger partial charge in [0.25, 0.3) is 11.8 Å². The molecule has 2 amide bonds. The van der Waals surface area contributed by atoms with E-state index in [1.807, 2.05) is 121 Å². The molecule has 338 valence electrons. The van der Waals surface area contributed by atoms with Crippen LogP contribution in [0, 0.1) is 0 Å². The molecule has 0 aromatic heterocycles. The smallest absolute Gasteiger partial charge is 0.265 e. The quantitative estimate of drug-likeness (QED) is 0.0326. The molecule has 0 aliphatic carbocycles. The number of hydrogen-bond donors (Lipinski definition) is 4. The second-order valence-electron chi connectivity index (χ2n) is 17.0. The molecule has 4 N–H and O–H groups in total. The van der Waals surface area contributed by atoms with Crippen molar-refractivity contribution in [2.45, 2.75) is 77.2 Å². The van der Waals surface area contributed by atoms with Crippen LogP contribution in [0.15, 0.2) is 200 Å². The van der Waals surface area contributed by atoms with Gasteiger partial charge in [-0.05, 0) is 91.3 Å². The van der Waals surface area contributed by atoms with Crippen LogP contribution in [0.25, 0.3) is 0 Å². The molecule has 0 aliphatic heterocycles. The fraction of sp³-hybridized carbons (Fsp3) is 0.228. The van der Waals surface area contributed by atoms with Crippen LogP contribution in [0.1, 0.15) is 107 Å². The molecule has 0 saturated heterocycles. The molecule has 0 aliphatic rings. The van der Waals surface area contributed by atoms with Crippen LogP contribution in [-0.2, 0) is 22.2 Å². The van der Waals surface area contributed by atoms with Gasteiger partial charge in [-0.15, -0.1) is 0 Å². The van der Waals surface area contributed by atoms with Gasteiger partial charge < -0.3 is 4.52 Å². The molecule has 0 heterocycles. The summed E-state index contributed by atoms with van der Waals surface area (Å²) in [6.07, 6.45) is 3.01. The largest absolute Gasteiger partial charge is 0.339 e. The standard InChI is InChI=1S/C57H62N5O3P/c1-6-7-38-66(62(43(2)3)44(4)5)65-42-45-39-46(54(63)58-60-56(48-26-14-8-15-27-48,49-28-16-9-17-29-49)50-30-18-10-19-31-50)41-47(40-45)55(64)59-61-57(51-32-20-11-21-33-51,52-34-22-12-23-35-52)53-36-24-13-25-37-53/h8-37,39-41,43-44,60-61H,6-7,38,42H2,1-5H3,(H,58,63)(H,59,64). The van der Waals surface area contributed by atoms with Crippen LogP contribution in [0.2, 0.25) is 0 Å². The summed E-state index contributed by atoms with van der Waals surface area (Å²) >= 11 is 0. The van der Waals surface area contributed by atoms with Gasteiger partial charge in [-0.3, -0.25) is 25.1 Å². The first-order valence-electron chi connectivity index (χ1n) is 23.0. The third-order valence-electron chi connectivity index (χ3n) is 11.9. The Morgan fingerprint density at radius 1 is 0.500 bits per heavy atom. The van der Waals surface area contributed by atoms with Crippen LogP contribution in [-0.4, -0.2) is 34.7 Å². The van der Waals surface area contributed by atoms with E-state index in [0.717, 1.165) is 52.4 Å². The number of rotatable bonds is 21. The van der Waals surface area contributed by atoms with Crippen LogP contribution < -0.4 is 21.7 Å². The lowest BCUT2D eigenvalue weighted by Crippen LogP contribution is -2.54. The average molecular weight is 896 g/mol. The second kappa shape index (κ2) is 22.8. The molecule has 7 rings (SSSR count). The Hall–Kier alpha value is -6.25. The summed E-state index contributed by atoms with van der Waals surface area (Å²) in [5, 5.41) is 0. The first-order valence-corrected chi connectivity index (χ1v) is 24.4. The van der Waals surface area contributed by atoms with Crippen LogP contribution in [0.4, 0.5) is 0 Å². The minimum atomic E-state index is -0.974. The van der Waals surface area contributed by atoms with E-state index in [-0.39, 0.29) is 18.7 Å². The van der Waals surface area contributed by atoms with Gasteiger partial charge in [0.1, 0.15) is 19.4 Å². The molecule has 0 radical (unpaired) electrons. The summed E-state index contributed by atoms with van der Waals surface area (Å²) in [5.41, 5.74) is 18.3. The first kappa shape index (κ1) is 47.7. The Kier molecular flexibility index (Phi) is 16.5. The van der Waals surface area contributed by atoms with Crippen molar-refractivity contribution in [3.8, 4) is 0 Å². The Bertz CT molecular complexity index is 2220. The van der Waals surface area contributed by atoms with Crippen LogP contribution in [0.3, 0.4) is 0 Å². The summed E-state index contributed by atoms with van der Waals surface area (Å²) in [4.78, 5) is 29.6. The fourth-order valence-electron chi connectivity index (χ4n) is 8.85. The first-order chi connectivity index (χ1) is 32.2. The molecule has 8 nitrogen and oxygen atoms in total. The maximum Gasteiger partial charge on any atom is 0.265 e. The molecule has 66 heavy (non-hydrogen) atoms. The topological polar surface area (TPSA) is 94.7 Å². The fourth-order valence-corrected chi connectivity index (χ4v) is 11.3. The molecule has 0 bridgehead atoms. The number of nitrogens with zero attached hydrogens (tertiary/aromatic N) is 1. The lowest BCUT2D eigenvalue weighted by atomic mass is 9.77. The molecule has 7 aromatic rings. The normalized spacial score (nSPS) is 12.3. The number of amides is 2. The molecule has 7 aromatic carbocycles. The predicted molar refractivity (Wildman–Crippen MR) is 270 cm³/mol. The lowest BCUT2D eigenvalue weighted by Gasteiger charge is -2.37. The third-order valence-corrected chi connectivity index (χ3v) is 14.4. The number of unbranched alkanes of at least 4 members (excludes halogenated alkanes) is 1. The van der Waals surface area contributed by atoms with Crippen molar-refractivity contribution in [1.82, 2.24) is 26.4 Å². The predicted octanol–water partition coefficient (Wildman–Crippen LogP) is 11.9. The number of hydrogen-bond acceptors (Lipinski definition) is 6. The Morgan fingerprint density at radius 3 is 1.08 bits per heavy atom. The van der Waals surface area contributed by atoms with E-state index in [4.69, 9.17) is 4.52 Å². The van der Waals surface area contributed by atoms with Gasteiger partial charge in [0.15, 0.2) is 0 Å². The highest BCUT2D eigenvalue weighted by atomic mass is 31.2. The van der Waals surface area contributed by atoms with Gasteiger partial charge in [0.2, 0.25) is 0 Å². The number of nitrogens with one attached hydrogen (secondary N) is 4. The maximum absolute atomic E-state index is 14.8. The van der Waals surface area contributed by atoms with Crippen molar-refractivity contribution in [2.75, 3.05) is 6.16 Å². The molecule has 9 heteroatoms. The highest BCUT2D eigenvalue weighted by molar-refractivity contribution is 7.50. The monoisotopic (exact) mass is 895 g/mol. The highest BCUT2D eigenvalue weighted by Crippen LogP contribution is 2.46. The number of benzene rings is 7. The minimum absolute atomic E-state index is 0.220. The van der Waals surface area contributed by atoms with E-state index in [2.05, 4.69) is 134 Å². The van der Waals surface area contributed by atoms with Gasteiger partial charge in [-0.2, -0.15) is 0 Å². The summed E-state index contributed by atoms with van der Waals surface area (Å²) < 4.78 is 9.31. The Labute approximate surface area is 392 Å². The van der Waals surface area contributed by atoms with Gasteiger partial charge in [0, 0.05) is 29.4 Å². The maximum atomic E-state index is 14.8. The van der Waals surface area contributed by atoms with E-state index in [1.54, 1.807) is 6.07 Å². The Balaban J connectivity index is 1.28. The van der Waals surface area contributed by atoms with Crippen molar-refractivity contribution in [3.63, 3.8) is 0 Å². The highest BCUT2D eigenvalue weighted by Gasteiger charge is 2.38. The minimum Gasteiger partial charge on any atom is -0.339 e. The number of carbonyl (C=O) groups is 2. The summed E-state index contributed by atoms with van der Waals surface area (Å²) in [5.74, 6) is -0.810. The SMILES string of the molecule is CCCCP(OCc1cc(C(=O)NNC(c2ccccc2)(c2ccccc2)c2ccccc2)cc(C(=O)NNC(c2ccccc2)(c2ccccc2)c2ccccc2)c1)N(C(C)C)C(C)C. The van der Waals surface area contributed by atoms with E-state index in [1.165, 1.54) is 0 Å². The van der Waals surface area contributed by atoms with Crippen molar-refractivity contribution >= 4 is 20.1 Å². The summed E-state index contributed by atoms with van der Waals surface area (Å²) in [6.45, 7) is 11.2. The second-order valence-corrected chi connectivity index (χ2v) is 18.9. The molecular weight excluding hydrogens is 834 g/mol. The van der Waals surface area contributed by atoms with Gasteiger partial charge in [-0.1, -0.05) is 195 Å². The molecule has 1 atom stereocenters. The van der Waals surface area contributed by atoms with E-state index < -0.39 is 31.2 Å². The zero-order valence-corrected chi connectivity index (χ0v) is 39.5. The zero-order chi connectivity index (χ0) is 46.4. The Morgan fingerprint density at radius 2 is 0.803 bits per heavy atom. The molecule has 0 saturated carbocycles. The van der Waals surface area contributed by atoms with Crippen LogP contribution in [0.5, 0.6) is 0 Å². The summed E-state index contributed by atoms with van der Waals surface area (Å²) in [6, 6.07) is 66.4. The molecule has 0 fully saturated rings. The van der Waals surface area contributed by atoms with Crippen molar-refractivity contribution < 1.29 is 14.1 Å². The van der Waals surface area contributed by atoms with Crippen LogP contribution >= 0.6 is 8.30 Å². The molecular formula is C57H62N5O3P. The molecule has 0 spiro atoms. The van der Waals surface area contributed by atoms with Gasteiger partial charge in [-0.25, -0.2) is 10.9 Å². The summed E-state index contributed by atoms with van der Waals surface area (Å²) in [7, 11) is -0.974. The van der Waals surface area contributed by atoms with Crippen molar-refractivity contribution in [1.29, 1.82) is 0 Å². The number of carbonyl (C=O) groups excluding carboxylic acids is 2. The number of hydrazine groups is 2. The lowest BCUT2D eigenvalue weighted by molar-refractivity contribution is 0.0918.